The molecule has 3 rings (SSSR count). The quantitative estimate of drug-likeness (QED) is 0.661. The van der Waals surface area contributed by atoms with Gasteiger partial charge in [0.25, 0.3) is 0 Å². The first-order chi connectivity index (χ1) is 12.1. The lowest BCUT2D eigenvalue weighted by Gasteiger charge is -2.15. The molecule has 25 heavy (non-hydrogen) atoms. The number of hydrogen-bond acceptors (Lipinski definition) is 5. The highest BCUT2D eigenvalue weighted by Crippen LogP contribution is 2.12. The van der Waals surface area contributed by atoms with Gasteiger partial charge in [-0.05, 0) is 30.7 Å². The molecule has 0 saturated carbocycles. The van der Waals surface area contributed by atoms with E-state index in [-0.39, 0.29) is 5.91 Å². The molecule has 2 aromatic heterocycles. The molecular weight excluding hydrogens is 318 g/mol. The van der Waals surface area contributed by atoms with Gasteiger partial charge in [0.05, 0.1) is 13.1 Å². The van der Waals surface area contributed by atoms with Crippen molar-refractivity contribution >= 4 is 5.91 Å². The standard InChI is InChI=1S/C18H21N5O2/c1-14-10-11-16(25-14)13-22(2)17(24)9-6-12-23-20-18(19-21-23)15-7-4-3-5-8-15/h3-5,7-8,10-11H,6,9,12-13H2,1-2H3. The van der Waals surface area contributed by atoms with Crippen molar-refractivity contribution in [2.24, 2.45) is 0 Å². The molecule has 0 radical (unpaired) electrons. The maximum atomic E-state index is 12.2. The van der Waals surface area contributed by atoms with Gasteiger partial charge in [-0.15, -0.1) is 10.2 Å². The third-order valence-corrected chi connectivity index (χ3v) is 3.85. The first kappa shape index (κ1) is 16.9. The van der Waals surface area contributed by atoms with Gasteiger partial charge in [-0.2, -0.15) is 4.80 Å². The summed E-state index contributed by atoms with van der Waals surface area (Å²) in [6.07, 6.45) is 1.09. The average molecular weight is 339 g/mol. The molecule has 1 amide bonds. The molecule has 7 nitrogen and oxygen atoms in total. The molecule has 0 aliphatic carbocycles. The first-order valence-electron chi connectivity index (χ1n) is 8.24. The molecule has 0 bridgehead atoms. The Labute approximate surface area is 146 Å². The van der Waals surface area contributed by atoms with Gasteiger partial charge in [-0.25, -0.2) is 0 Å². The van der Waals surface area contributed by atoms with E-state index in [0.29, 0.717) is 31.8 Å². The van der Waals surface area contributed by atoms with Gasteiger partial charge in [0.15, 0.2) is 0 Å². The topological polar surface area (TPSA) is 77.1 Å². The summed E-state index contributed by atoms with van der Waals surface area (Å²) in [4.78, 5) is 15.4. The van der Waals surface area contributed by atoms with Crippen LogP contribution in [0, 0.1) is 6.92 Å². The fraction of sp³-hybridized carbons (Fsp3) is 0.333. The Kier molecular flexibility index (Phi) is 5.23. The Morgan fingerprint density at radius 1 is 1.20 bits per heavy atom. The number of hydrogen-bond donors (Lipinski definition) is 0. The third-order valence-electron chi connectivity index (χ3n) is 3.85. The Morgan fingerprint density at radius 3 is 2.72 bits per heavy atom. The molecule has 0 saturated heterocycles. The molecule has 2 heterocycles. The summed E-state index contributed by atoms with van der Waals surface area (Å²) in [6.45, 7) is 2.92. The van der Waals surface area contributed by atoms with Gasteiger partial charge >= 0.3 is 0 Å². The second-order valence-electron chi connectivity index (χ2n) is 5.94. The molecule has 130 valence electrons. The van der Waals surface area contributed by atoms with Crippen LogP contribution in [0.3, 0.4) is 0 Å². The number of aryl methyl sites for hydroxylation is 2. The van der Waals surface area contributed by atoms with Crippen LogP contribution in [-0.2, 0) is 17.9 Å². The molecule has 0 N–H and O–H groups in total. The number of furan rings is 1. The van der Waals surface area contributed by atoms with Crippen LogP contribution in [0.25, 0.3) is 11.4 Å². The monoisotopic (exact) mass is 339 g/mol. The lowest BCUT2D eigenvalue weighted by molar-refractivity contribution is -0.130. The second kappa shape index (κ2) is 7.74. The minimum atomic E-state index is 0.0671. The second-order valence-corrected chi connectivity index (χ2v) is 5.94. The van der Waals surface area contributed by atoms with Crippen LogP contribution in [0.2, 0.25) is 0 Å². The van der Waals surface area contributed by atoms with Gasteiger partial charge in [0.2, 0.25) is 11.7 Å². The van der Waals surface area contributed by atoms with E-state index in [9.17, 15) is 4.79 Å². The Bertz CT molecular complexity index is 825. The van der Waals surface area contributed by atoms with Gasteiger partial charge < -0.3 is 9.32 Å². The summed E-state index contributed by atoms with van der Waals surface area (Å²) >= 11 is 0. The molecule has 0 atom stereocenters. The van der Waals surface area contributed by atoms with E-state index in [1.54, 1.807) is 11.9 Å². The zero-order chi connectivity index (χ0) is 17.6. The van der Waals surface area contributed by atoms with Crippen molar-refractivity contribution in [3.8, 4) is 11.4 Å². The lowest BCUT2D eigenvalue weighted by atomic mass is 10.2. The number of amides is 1. The van der Waals surface area contributed by atoms with E-state index in [4.69, 9.17) is 4.42 Å². The van der Waals surface area contributed by atoms with Gasteiger partial charge in [-0.1, -0.05) is 30.3 Å². The van der Waals surface area contributed by atoms with Crippen LogP contribution in [-0.4, -0.2) is 38.1 Å². The van der Waals surface area contributed by atoms with Crippen LogP contribution in [0.5, 0.6) is 0 Å². The van der Waals surface area contributed by atoms with Crippen molar-refractivity contribution in [2.75, 3.05) is 7.05 Å². The number of carbonyl (C=O) groups excluding carboxylic acids is 1. The Hall–Kier alpha value is -2.96. The lowest BCUT2D eigenvalue weighted by Crippen LogP contribution is -2.26. The highest BCUT2D eigenvalue weighted by molar-refractivity contribution is 5.75. The van der Waals surface area contributed by atoms with Crippen molar-refractivity contribution in [1.29, 1.82) is 0 Å². The first-order valence-corrected chi connectivity index (χ1v) is 8.24. The van der Waals surface area contributed by atoms with Crippen molar-refractivity contribution in [2.45, 2.75) is 32.9 Å². The fourth-order valence-electron chi connectivity index (χ4n) is 2.50. The Balaban J connectivity index is 1.46. The van der Waals surface area contributed by atoms with Crippen LogP contribution in [0.1, 0.15) is 24.4 Å². The van der Waals surface area contributed by atoms with Crippen molar-refractivity contribution < 1.29 is 9.21 Å². The maximum Gasteiger partial charge on any atom is 0.222 e. The minimum absolute atomic E-state index is 0.0671. The van der Waals surface area contributed by atoms with Crippen molar-refractivity contribution in [3.63, 3.8) is 0 Å². The molecule has 0 spiro atoms. The molecule has 7 heteroatoms. The molecule has 0 fully saturated rings. The molecular formula is C18H21N5O2. The summed E-state index contributed by atoms with van der Waals surface area (Å²) in [5.41, 5.74) is 0.929. The van der Waals surface area contributed by atoms with Crippen LogP contribution < -0.4 is 0 Å². The molecule has 0 unspecified atom stereocenters. The SMILES string of the molecule is Cc1ccc(CN(C)C(=O)CCCn2nnc(-c3ccccc3)n2)o1. The highest BCUT2D eigenvalue weighted by atomic mass is 16.3. The van der Waals surface area contributed by atoms with Crippen molar-refractivity contribution in [1.82, 2.24) is 25.1 Å². The van der Waals surface area contributed by atoms with Crippen molar-refractivity contribution in [3.05, 3.63) is 54.0 Å². The zero-order valence-corrected chi connectivity index (χ0v) is 14.4. The van der Waals surface area contributed by atoms with Gasteiger partial charge in [-0.3, -0.25) is 4.79 Å². The molecule has 0 aliphatic rings. The number of carbonyl (C=O) groups is 1. The van der Waals surface area contributed by atoms with E-state index in [1.165, 1.54) is 4.80 Å². The number of tetrazole rings is 1. The van der Waals surface area contributed by atoms with E-state index in [0.717, 1.165) is 17.1 Å². The maximum absolute atomic E-state index is 12.2. The molecule has 1 aromatic carbocycles. The number of benzene rings is 1. The van der Waals surface area contributed by atoms with E-state index in [1.807, 2.05) is 49.4 Å². The summed E-state index contributed by atoms with van der Waals surface area (Å²) in [5, 5.41) is 12.4. The van der Waals surface area contributed by atoms with E-state index >= 15 is 0 Å². The molecule has 0 aliphatic heterocycles. The zero-order valence-electron chi connectivity index (χ0n) is 14.4. The van der Waals surface area contributed by atoms with Crippen LogP contribution in [0.15, 0.2) is 46.9 Å². The smallest absolute Gasteiger partial charge is 0.222 e. The number of nitrogens with zero attached hydrogens (tertiary/aromatic N) is 5. The van der Waals surface area contributed by atoms with Gasteiger partial charge in [0, 0.05) is 19.0 Å². The summed E-state index contributed by atoms with van der Waals surface area (Å²) in [6, 6.07) is 13.5. The number of rotatable bonds is 7. The van der Waals surface area contributed by atoms with E-state index < -0.39 is 0 Å². The summed E-state index contributed by atoms with van der Waals surface area (Å²) in [7, 11) is 1.78. The largest absolute Gasteiger partial charge is 0.464 e. The highest BCUT2D eigenvalue weighted by Gasteiger charge is 2.12. The van der Waals surface area contributed by atoms with E-state index in [2.05, 4.69) is 15.4 Å². The minimum Gasteiger partial charge on any atom is -0.464 e. The third kappa shape index (κ3) is 4.53. The summed E-state index contributed by atoms with van der Waals surface area (Å²) < 4.78 is 5.50. The number of aromatic nitrogens is 4. The fourth-order valence-corrected chi connectivity index (χ4v) is 2.50. The average Bonchev–Trinajstić information content (AvgIpc) is 3.25. The van der Waals surface area contributed by atoms with Crippen LogP contribution in [0.4, 0.5) is 0 Å². The predicted octanol–water partition coefficient (Wildman–Crippen LogP) is 2.68. The Morgan fingerprint density at radius 2 is 2.00 bits per heavy atom. The van der Waals surface area contributed by atoms with Crippen LogP contribution >= 0.6 is 0 Å². The van der Waals surface area contributed by atoms with Gasteiger partial charge in [0.1, 0.15) is 11.5 Å². The predicted molar refractivity (Wildman–Crippen MR) is 92.4 cm³/mol. The summed E-state index contributed by atoms with van der Waals surface area (Å²) in [5.74, 6) is 2.30. The normalized spacial score (nSPS) is 10.8. The molecule has 3 aromatic rings.